The van der Waals surface area contributed by atoms with Gasteiger partial charge in [-0.15, -0.1) is 0 Å². The third-order valence-electron chi connectivity index (χ3n) is 6.25. The van der Waals surface area contributed by atoms with Crippen molar-refractivity contribution < 1.29 is 24.5 Å². The van der Waals surface area contributed by atoms with Crippen LogP contribution < -0.4 is 21.6 Å². The molecule has 0 bridgehead atoms. The van der Waals surface area contributed by atoms with E-state index in [2.05, 4.69) is 25.8 Å². The first-order valence-electron chi connectivity index (χ1n) is 11.7. The van der Waals surface area contributed by atoms with E-state index in [4.69, 9.17) is 9.16 Å². The number of hydrogen-bond donors (Lipinski definition) is 4. The van der Waals surface area contributed by atoms with E-state index in [-0.39, 0.29) is 11.6 Å². The Morgan fingerprint density at radius 3 is 1.83 bits per heavy atom. The topological polar surface area (TPSA) is 134 Å². The zero-order valence-electron chi connectivity index (χ0n) is 20.8. The maximum absolute atomic E-state index is 12.3. The lowest BCUT2D eigenvalue weighted by Crippen LogP contribution is -2.68. The Bertz CT molecular complexity index is 1180. The van der Waals surface area contributed by atoms with E-state index >= 15 is 0 Å². The number of aromatic amines is 1. The summed E-state index contributed by atoms with van der Waals surface area (Å²) in [7, 11) is -3.03. The number of aliphatic hydroxyl groups is 3. The fourth-order valence-corrected chi connectivity index (χ4v) is 9.01. The second-order valence-electron chi connectivity index (χ2n) is 9.72. The van der Waals surface area contributed by atoms with Crippen LogP contribution in [0.2, 0.25) is 5.04 Å². The summed E-state index contributed by atoms with van der Waals surface area (Å²) in [5.41, 5.74) is -3.05. The molecule has 4 N–H and O–H groups in total. The molecule has 0 fully saturated rings. The SMILES string of the molecule is CC(C)(C)[Si](OCC(CO)(CO)O[C@H](CO)n1ccc(=O)[nH]c1=O)(c1ccccc1)c1ccccc1. The van der Waals surface area contributed by atoms with Gasteiger partial charge in [-0.1, -0.05) is 81.4 Å². The van der Waals surface area contributed by atoms with Crippen LogP contribution in [0.25, 0.3) is 0 Å². The number of hydrogen-bond acceptors (Lipinski definition) is 7. The van der Waals surface area contributed by atoms with E-state index in [1.165, 1.54) is 6.20 Å². The molecule has 0 saturated heterocycles. The maximum atomic E-state index is 12.3. The van der Waals surface area contributed by atoms with E-state index in [0.717, 1.165) is 21.0 Å². The van der Waals surface area contributed by atoms with Crippen LogP contribution >= 0.6 is 0 Å². The summed E-state index contributed by atoms with van der Waals surface area (Å²) in [6.45, 7) is 4.13. The molecule has 0 radical (unpaired) electrons. The first-order valence-corrected chi connectivity index (χ1v) is 13.6. The van der Waals surface area contributed by atoms with E-state index < -0.39 is 51.2 Å². The van der Waals surface area contributed by atoms with Gasteiger partial charge >= 0.3 is 5.69 Å². The van der Waals surface area contributed by atoms with Crippen molar-refractivity contribution in [2.45, 2.75) is 37.6 Å². The minimum absolute atomic E-state index is 0.220. The van der Waals surface area contributed by atoms with Gasteiger partial charge in [-0.25, -0.2) is 4.79 Å². The van der Waals surface area contributed by atoms with Gasteiger partial charge in [0.1, 0.15) is 5.60 Å². The van der Waals surface area contributed by atoms with Crippen molar-refractivity contribution in [1.82, 2.24) is 9.55 Å². The zero-order chi connectivity index (χ0) is 26.4. The molecule has 0 amide bonds. The molecule has 3 rings (SSSR count). The highest BCUT2D eigenvalue weighted by Gasteiger charge is 2.51. The smallest absolute Gasteiger partial charge is 0.330 e. The monoisotopic (exact) mass is 514 g/mol. The van der Waals surface area contributed by atoms with Gasteiger partial charge < -0.3 is 24.5 Å². The molecule has 3 aromatic rings. The number of nitrogens with zero attached hydrogens (tertiary/aromatic N) is 1. The Morgan fingerprint density at radius 2 is 1.42 bits per heavy atom. The predicted molar refractivity (Wildman–Crippen MR) is 139 cm³/mol. The van der Waals surface area contributed by atoms with Crippen LogP contribution in [0.15, 0.2) is 82.5 Å². The second-order valence-corrected chi connectivity index (χ2v) is 14.0. The Balaban J connectivity index is 2.05. The third-order valence-corrected chi connectivity index (χ3v) is 11.2. The van der Waals surface area contributed by atoms with Crippen LogP contribution in [0, 0.1) is 0 Å². The molecule has 2 aromatic carbocycles. The molecule has 1 aromatic heterocycles. The third kappa shape index (κ3) is 5.59. The van der Waals surface area contributed by atoms with Crippen LogP contribution in [0.1, 0.15) is 27.0 Å². The maximum Gasteiger partial charge on any atom is 0.330 e. The molecule has 1 atom stereocenters. The van der Waals surface area contributed by atoms with Crippen LogP contribution in [0.4, 0.5) is 0 Å². The summed E-state index contributed by atoms with van der Waals surface area (Å²) in [6, 6.07) is 20.8. The largest absolute Gasteiger partial charge is 0.404 e. The number of aromatic nitrogens is 2. The minimum Gasteiger partial charge on any atom is -0.404 e. The average molecular weight is 515 g/mol. The first kappa shape index (κ1) is 27.7. The number of rotatable bonds is 11. The Labute approximate surface area is 210 Å². The number of nitrogens with one attached hydrogen (secondary N) is 1. The van der Waals surface area contributed by atoms with E-state index in [0.29, 0.717) is 0 Å². The van der Waals surface area contributed by atoms with Gasteiger partial charge in [0.2, 0.25) is 0 Å². The zero-order valence-corrected chi connectivity index (χ0v) is 21.8. The number of aliphatic hydroxyl groups excluding tert-OH is 3. The minimum atomic E-state index is -3.03. The molecule has 10 heteroatoms. The lowest BCUT2D eigenvalue weighted by Gasteiger charge is -2.45. The molecule has 1 heterocycles. The summed E-state index contributed by atoms with van der Waals surface area (Å²) in [4.78, 5) is 25.9. The summed E-state index contributed by atoms with van der Waals surface area (Å²) in [5.74, 6) is 0. The van der Waals surface area contributed by atoms with Gasteiger partial charge in [-0.3, -0.25) is 14.3 Å². The van der Waals surface area contributed by atoms with Crippen LogP contribution in [0.3, 0.4) is 0 Å². The van der Waals surface area contributed by atoms with E-state index in [1.807, 2.05) is 60.7 Å². The molecule has 194 valence electrons. The number of H-pyrrole nitrogens is 1. The quantitative estimate of drug-likeness (QED) is 0.271. The average Bonchev–Trinajstić information content (AvgIpc) is 2.87. The molecular weight excluding hydrogens is 480 g/mol. The number of ether oxygens (including phenoxy) is 1. The summed E-state index contributed by atoms with van der Waals surface area (Å²) in [5, 5.41) is 32.3. The fraction of sp³-hybridized carbons (Fsp3) is 0.385. The van der Waals surface area contributed by atoms with Crippen LogP contribution in [0.5, 0.6) is 0 Å². The van der Waals surface area contributed by atoms with Crippen molar-refractivity contribution in [2.24, 2.45) is 0 Å². The highest BCUT2D eigenvalue weighted by Crippen LogP contribution is 2.37. The van der Waals surface area contributed by atoms with Gasteiger partial charge in [-0.05, 0) is 15.4 Å². The summed E-state index contributed by atoms with van der Waals surface area (Å²) < 4.78 is 13.8. The van der Waals surface area contributed by atoms with Crippen molar-refractivity contribution in [3.63, 3.8) is 0 Å². The summed E-state index contributed by atoms with van der Waals surface area (Å²) >= 11 is 0. The van der Waals surface area contributed by atoms with Crippen molar-refractivity contribution in [2.75, 3.05) is 26.4 Å². The van der Waals surface area contributed by atoms with E-state index in [9.17, 15) is 24.9 Å². The molecule has 0 aliphatic heterocycles. The molecule has 36 heavy (non-hydrogen) atoms. The van der Waals surface area contributed by atoms with E-state index in [1.54, 1.807) is 0 Å². The van der Waals surface area contributed by atoms with Crippen LogP contribution in [-0.2, 0) is 9.16 Å². The molecule has 0 unspecified atom stereocenters. The molecule has 0 aliphatic carbocycles. The van der Waals surface area contributed by atoms with Crippen LogP contribution in [-0.4, -0.2) is 65.2 Å². The van der Waals surface area contributed by atoms with Crippen molar-refractivity contribution >= 4 is 18.7 Å². The van der Waals surface area contributed by atoms with Crippen molar-refractivity contribution in [3.8, 4) is 0 Å². The molecule has 0 aliphatic rings. The lowest BCUT2D eigenvalue weighted by atomic mass is 10.1. The van der Waals surface area contributed by atoms with Gasteiger partial charge in [0.25, 0.3) is 13.9 Å². The Kier molecular flexibility index (Phi) is 8.83. The van der Waals surface area contributed by atoms with Gasteiger partial charge in [0.15, 0.2) is 6.23 Å². The molecule has 0 spiro atoms. The highest BCUT2D eigenvalue weighted by molar-refractivity contribution is 6.99. The van der Waals surface area contributed by atoms with Crippen molar-refractivity contribution in [1.29, 1.82) is 0 Å². The Morgan fingerprint density at radius 1 is 0.889 bits per heavy atom. The standard InChI is InChI=1S/C26H34N2O7Si/c1-25(2,3)36(20-10-6-4-7-11-20,21-12-8-5-9-13-21)34-19-26(17-30,18-31)35-23(16-29)28-15-14-22(32)27-24(28)33/h4-15,23,29-31H,16-19H2,1-3H3,(H,27,32,33)/t23-/m1/s1. The normalized spacial score (nSPS) is 13.5. The highest BCUT2D eigenvalue weighted by atomic mass is 28.4. The van der Waals surface area contributed by atoms with Crippen molar-refractivity contribution in [3.05, 3.63) is 93.8 Å². The predicted octanol–water partition coefficient (Wildman–Crippen LogP) is 0.344. The molecule has 0 saturated carbocycles. The summed E-state index contributed by atoms with van der Waals surface area (Å²) in [6.07, 6.45) is -0.0960. The van der Waals surface area contributed by atoms with Gasteiger partial charge in [0, 0.05) is 12.3 Å². The Hall–Kier alpha value is -2.86. The van der Waals surface area contributed by atoms with Gasteiger partial charge in [0.05, 0.1) is 26.4 Å². The number of benzene rings is 2. The lowest BCUT2D eigenvalue weighted by molar-refractivity contribution is -0.193. The molecule has 9 nitrogen and oxygen atoms in total. The second kappa shape index (κ2) is 11.5. The molecular formula is C26H34N2O7Si. The fourth-order valence-electron chi connectivity index (χ4n) is 4.38. The first-order chi connectivity index (χ1) is 17.1. The van der Waals surface area contributed by atoms with Gasteiger partial charge in [-0.2, -0.15) is 0 Å².